The normalized spacial score (nSPS) is 15.9. The molecule has 2 heterocycles. The molecule has 6 nitrogen and oxygen atoms in total. The summed E-state index contributed by atoms with van der Waals surface area (Å²) in [6.07, 6.45) is 2.64. The van der Waals surface area contributed by atoms with Gasteiger partial charge in [0.25, 0.3) is 5.56 Å². The van der Waals surface area contributed by atoms with E-state index in [-0.39, 0.29) is 11.5 Å². The first kappa shape index (κ1) is 16.2. The summed E-state index contributed by atoms with van der Waals surface area (Å²) in [6, 6.07) is 1.63. The molecule has 0 unspecified atom stereocenters. The lowest BCUT2D eigenvalue weighted by Crippen LogP contribution is -2.37. The molecule has 116 valence electrons. The molecule has 0 spiro atoms. The molecule has 1 aromatic rings. The smallest absolute Gasteiger partial charge is 0.274 e. The van der Waals surface area contributed by atoms with Crippen LogP contribution in [0.3, 0.4) is 0 Å². The van der Waals surface area contributed by atoms with Gasteiger partial charge in [-0.2, -0.15) is 0 Å². The summed E-state index contributed by atoms with van der Waals surface area (Å²) in [4.78, 5) is 25.7. The molecule has 1 saturated heterocycles. The number of aryl methyl sites for hydroxylation is 1. The van der Waals surface area contributed by atoms with E-state index in [1.807, 2.05) is 0 Å². The van der Waals surface area contributed by atoms with E-state index in [4.69, 9.17) is 4.74 Å². The number of amides is 1. The zero-order valence-corrected chi connectivity index (χ0v) is 13.7. The van der Waals surface area contributed by atoms with Crippen molar-refractivity contribution in [3.63, 3.8) is 0 Å². The van der Waals surface area contributed by atoms with Crippen LogP contribution < -0.4 is 10.9 Å². The first-order valence-corrected chi connectivity index (χ1v) is 7.83. The third-order valence-electron chi connectivity index (χ3n) is 3.34. The molecule has 1 N–H and O–H groups in total. The van der Waals surface area contributed by atoms with E-state index in [1.165, 1.54) is 6.92 Å². The highest BCUT2D eigenvalue weighted by atomic mass is 79.9. The van der Waals surface area contributed by atoms with E-state index in [9.17, 15) is 9.59 Å². The number of carbonyl (C=O) groups is 1. The minimum atomic E-state index is -0.245. The molecule has 0 saturated carbocycles. The maximum atomic E-state index is 12.2. The predicted octanol–water partition coefficient (Wildman–Crippen LogP) is 1.29. The molecule has 2 rings (SSSR count). The Kier molecular flexibility index (Phi) is 5.96. The predicted molar refractivity (Wildman–Crippen MR) is 84.6 cm³/mol. The summed E-state index contributed by atoms with van der Waals surface area (Å²) in [5, 5.41) is 2.56. The fraction of sp³-hybridized carbons (Fsp3) is 0.571. The number of ether oxygens (including phenoxy) is 1. The number of hydrogen-bond donors (Lipinski definition) is 1. The van der Waals surface area contributed by atoms with E-state index in [2.05, 4.69) is 26.1 Å². The van der Waals surface area contributed by atoms with Gasteiger partial charge in [0.15, 0.2) is 0 Å². The van der Waals surface area contributed by atoms with Gasteiger partial charge in [0, 0.05) is 43.8 Å². The molecular formula is C14H20BrN3O3. The first-order valence-electron chi connectivity index (χ1n) is 7.04. The van der Waals surface area contributed by atoms with Crippen molar-refractivity contribution >= 4 is 27.5 Å². The van der Waals surface area contributed by atoms with Gasteiger partial charge < -0.3 is 14.6 Å². The van der Waals surface area contributed by atoms with Crippen molar-refractivity contribution in [2.45, 2.75) is 19.9 Å². The largest absolute Gasteiger partial charge is 0.379 e. The van der Waals surface area contributed by atoms with Crippen molar-refractivity contribution in [1.82, 2.24) is 9.47 Å². The Balaban J connectivity index is 1.97. The highest BCUT2D eigenvalue weighted by Crippen LogP contribution is 2.12. The molecule has 1 aromatic heterocycles. The molecule has 0 aromatic carbocycles. The number of nitrogens with one attached hydrogen (secondary N) is 1. The molecule has 0 atom stereocenters. The van der Waals surface area contributed by atoms with E-state index >= 15 is 0 Å². The maximum absolute atomic E-state index is 12.2. The van der Waals surface area contributed by atoms with Crippen molar-refractivity contribution < 1.29 is 9.53 Å². The lowest BCUT2D eigenvalue weighted by molar-refractivity contribution is -0.114. The number of morpholine rings is 1. The monoisotopic (exact) mass is 357 g/mol. The Labute approximate surface area is 132 Å². The molecule has 7 heteroatoms. The fourth-order valence-corrected chi connectivity index (χ4v) is 2.81. The molecule has 1 amide bonds. The standard InChI is InChI=1S/C14H20BrN3O3/c1-11(19)16-13-9-12(15)10-18(14(13)20)4-2-3-17-5-7-21-8-6-17/h9-10H,2-8H2,1H3,(H,16,19). The van der Waals surface area contributed by atoms with Gasteiger partial charge >= 0.3 is 0 Å². The lowest BCUT2D eigenvalue weighted by Gasteiger charge is -2.26. The average Bonchev–Trinajstić information content (AvgIpc) is 2.44. The molecule has 0 bridgehead atoms. The van der Waals surface area contributed by atoms with Crippen LogP contribution in [0.5, 0.6) is 0 Å². The first-order chi connectivity index (χ1) is 10.1. The molecule has 1 aliphatic heterocycles. The number of nitrogens with zero attached hydrogens (tertiary/aromatic N) is 2. The van der Waals surface area contributed by atoms with Gasteiger partial charge in [0.05, 0.1) is 13.2 Å². The quantitative estimate of drug-likeness (QED) is 0.862. The second kappa shape index (κ2) is 7.72. The zero-order chi connectivity index (χ0) is 15.2. The van der Waals surface area contributed by atoms with Gasteiger partial charge in [0.1, 0.15) is 5.69 Å². The van der Waals surface area contributed by atoms with Crippen LogP contribution in [-0.4, -0.2) is 48.2 Å². The van der Waals surface area contributed by atoms with Crippen molar-refractivity contribution in [3.8, 4) is 0 Å². The van der Waals surface area contributed by atoms with Gasteiger partial charge in [-0.25, -0.2) is 0 Å². The topological polar surface area (TPSA) is 63.6 Å². The van der Waals surface area contributed by atoms with Gasteiger partial charge in [-0.05, 0) is 28.4 Å². The van der Waals surface area contributed by atoms with E-state index in [0.29, 0.717) is 12.2 Å². The SMILES string of the molecule is CC(=O)Nc1cc(Br)cn(CCCN2CCOCC2)c1=O. The van der Waals surface area contributed by atoms with Crippen LogP contribution in [0.1, 0.15) is 13.3 Å². The van der Waals surface area contributed by atoms with Gasteiger partial charge in [-0.3, -0.25) is 14.5 Å². The van der Waals surface area contributed by atoms with E-state index < -0.39 is 0 Å². The Morgan fingerprint density at radius 1 is 1.38 bits per heavy atom. The zero-order valence-electron chi connectivity index (χ0n) is 12.1. The molecule has 0 radical (unpaired) electrons. The number of carbonyl (C=O) groups excluding carboxylic acids is 1. The Morgan fingerprint density at radius 3 is 2.76 bits per heavy atom. The summed E-state index contributed by atoms with van der Waals surface area (Å²) in [5.74, 6) is -0.245. The fourth-order valence-electron chi connectivity index (χ4n) is 2.33. The minimum absolute atomic E-state index is 0.171. The van der Waals surface area contributed by atoms with Crippen LogP contribution in [0.15, 0.2) is 21.5 Å². The Morgan fingerprint density at radius 2 is 2.10 bits per heavy atom. The van der Waals surface area contributed by atoms with Crippen LogP contribution in [0.4, 0.5) is 5.69 Å². The number of aromatic nitrogens is 1. The van der Waals surface area contributed by atoms with E-state index in [0.717, 1.165) is 43.7 Å². The number of pyridine rings is 1. The van der Waals surface area contributed by atoms with Crippen LogP contribution in [0.25, 0.3) is 0 Å². The highest BCUT2D eigenvalue weighted by Gasteiger charge is 2.11. The third kappa shape index (κ3) is 4.94. The number of anilines is 1. The third-order valence-corrected chi connectivity index (χ3v) is 3.77. The minimum Gasteiger partial charge on any atom is -0.379 e. The molecule has 1 fully saturated rings. The summed E-state index contributed by atoms with van der Waals surface area (Å²) >= 11 is 3.37. The van der Waals surface area contributed by atoms with Crippen LogP contribution in [0, 0.1) is 0 Å². The van der Waals surface area contributed by atoms with Crippen molar-refractivity contribution in [2.75, 3.05) is 38.2 Å². The summed E-state index contributed by atoms with van der Waals surface area (Å²) in [6.45, 7) is 6.42. The number of rotatable bonds is 5. The van der Waals surface area contributed by atoms with Gasteiger partial charge in [-0.1, -0.05) is 0 Å². The molecule has 21 heavy (non-hydrogen) atoms. The summed E-state index contributed by atoms with van der Waals surface area (Å²) < 4.78 is 7.72. The van der Waals surface area contributed by atoms with E-state index in [1.54, 1.807) is 16.8 Å². The molecular weight excluding hydrogens is 338 g/mol. The van der Waals surface area contributed by atoms with Crippen LogP contribution >= 0.6 is 15.9 Å². The highest BCUT2D eigenvalue weighted by molar-refractivity contribution is 9.10. The Hall–Kier alpha value is -1.18. The van der Waals surface area contributed by atoms with Gasteiger partial charge in [0.2, 0.25) is 5.91 Å². The molecule has 1 aliphatic rings. The van der Waals surface area contributed by atoms with Crippen molar-refractivity contribution in [2.24, 2.45) is 0 Å². The number of hydrogen-bond acceptors (Lipinski definition) is 4. The second-order valence-corrected chi connectivity index (χ2v) is 5.97. The summed E-state index contributed by atoms with van der Waals surface area (Å²) in [7, 11) is 0. The van der Waals surface area contributed by atoms with Crippen LogP contribution in [0.2, 0.25) is 0 Å². The molecule has 0 aliphatic carbocycles. The van der Waals surface area contributed by atoms with Gasteiger partial charge in [-0.15, -0.1) is 0 Å². The van der Waals surface area contributed by atoms with Crippen molar-refractivity contribution in [1.29, 1.82) is 0 Å². The average molecular weight is 358 g/mol. The second-order valence-electron chi connectivity index (χ2n) is 5.06. The summed E-state index contributed by atoms with van der Waals surface area (Å²) in [5.41, 5.74) is 0.138. The van der Waals surface area contributed by atoms with Crippen molar-refractivity contribution in [3.05, 3.63) is 27.1 Å². The Bertz CT molecular complexity index is 553. The number of halogens is 1. The maximum Gasteiger partial charge on any atom is 0.274 e. The lowest BCUT2D eigenvalue weighted by atomic mass is 10.3. The van der Waals surface area contributed by atoms with Crippen LogP contribution in [-0.2, 0) is 16.1 Å².